The molecule has 0 spiro atoms. The van der Waals surface area contributed by atoms with Gasteiger partial charge in [0.2, 0.25) is 0 Å². The van der Waals surface area contributed by atoms with Crippen molar-refractivity contribution in [2.75, 3.05) is 48.3 Å². The van der Waals surface area contributed by atoms with E-state index in [1.54, 1.807) is 0 Å². The number of nitrogens with one attached hydrogen (secondary N) is 3. The van der Waals surface area contributed by atoms with Gasteiger partial charge in [0.15, 0.2) is 0 Å². The Morgan fingerprint density at radius 3 is 2.52 bits per heavy atom. The van der Waals surface area contributed by atoms with Gasteiger partial charge in [-0.1, -0.05) is 0 Å². The van der Waals surface area contributed by atoms with E-state index < -0.39 is 0 Å². The number of ether oxygens (including phenoxy) is 1. The maximum atomic E-state index is 12.2. The summed E-state index contributed by atoms with van der Waals surface area (Å²) in [5.74, 6) is 0.912. The Labute approximate surface area is 147 Å². The van der Waals surface area contributed by atoms with E-state index in [1.807, 2.05) is 42.5 Å². The molecule has 2 amide bonds. The average molecular weight is 338 g/mol. The molecule has 0 bridgehead atoms. The molecule has 0 atom stereocenters. The van der Waals surface area contributed by atoms with Crippen LogP contribution in [0, 0.1) is 0 Å². The zero-order valence-corrected chi connectivity index (χ0v) is 14.0. The molecular weight excluding hydrogens is 316 g/mol. The fraction of sp³-hybridized carbons (Fsp3) is 0.316. The summed E-state index contributed by atoms with van der Waals surface area (Å²) in [5, 5.41) is 9.10. The Bertz CT molecular complexity index is 755. The molecule has 25 heavy (non-hydrogen) atoms. The second-order valence-electron chi connectivity index (χ2n) is 6.28. The van der Waals surface area contributed by atoms with Crippen LogP contribution < -0.4 is 25.6 Å². The molecule has 0 unspecified atom stereocenters. The number of carbonyl (C=O) groups excluding carboxylic acids is 1. The highest BCUT2D eigenvalue weighted by molar-refractivity contribution is 5.99. The summed E-state index contributed by atoms with van der Waals surface area (Å²) in [5.41, 5.74) is 3.88. The number of urea groups is 1. The van der Waals surface area contributed by atoms with E-state index in [-0.39, 0.29) is 6.03 Å². The third-order valence-electron chi connectivity index (χ3n) is 4.55. The van der Waals surface area contributed by atoms with Crippen molar-refractivity contribution in [1.82, 2.24) is 5.32 Å². The maximum absolute atomic E-state index is 12.2. The Kier molecular flexibility index (Phi) is 4.43. The molecule has 3 N–H and O–H groups in total. The van der Waals surface area contributed by atoms with E-state index in [9.17, 15) is 4.79 Å². The number of benzene rings is 2. The SMILES string of the molecule is O=C(Nc1ccc(N2CCNCC2)cc1)Nc1ccc2c(c1)CCO2. The predicted octanol–water partition coefficient (Wildman–Crippen LogP) is 2.68. The van der Waals surface area contributed by atoms with Crippen molar-refractivity contribution in [2.24, 2.45) is 0 Å². The lowest BCUT2D eigenvalue weighted by Gasteiger charge is -2.29. The van der Waals surface area contributed by atoms with Gasteiger partial charge in [0.1, 0.15) is 5.75 Å². The largest absolute Gasteiger partial charge is 0.493 e. The van der Waals surface area contributed by atoms with Crippen molar-refractivity contribution in [3.63, 3.8) is 0 Å². The summed E-state index contributed by atoms with van der Waals surface area (Å²) in [6.45, 7) is 4.75. The monoisotopic (exact) mass is 338 g/mol. The predicted molar refractivity (Wildman–Crippen MR) is 99.8 cm³/mol. The van der Waals surface area contributed by atoms with Crippen molar-refractivity contribution < 1.29 is 9.53 Å². The summed E-state index contributed by atoms with van der Waals surface area (Å²) in [6.07, 6.45) is 0.889. The van der Waals surface area contributed by atoms with Gasteiger partial charge in [0.05, 0.1) is 6.61 Å². The van der Waals surface area contributed by atoms with Crippen LogP contribution in [0.15, 0.2) is 42.5 Å². The van der Waals surface area contributed by atoms with Crippen molar-refractivity contribution >= 4 is 23.1 Å². The highest BCUT2D eigenvalue weighted by Crippen LogP contribution is 2.28. The van der Waals surface area contributed by atoms with Crippen molar-refractivity contribution in [3.05, 3.63) is 48.0 Å². The summed E-state index contributed by atoms with van der Waals surface area (Å²) in [4.78, 5) is 14.5. The van der Waals surface area contributed by atoms with Gasteiger partial charge in [-0.05, 0) is 48.0 Å². The normalized spacial score (nSPS) is 16.1. The summed E-state index contributed by atoms with van der Waals surface area (Å²) >= 11 is 0. The molecular formula is C19H22N4O2. The van der Waals surface area contributed by atoms with Gasteiger partial charge in [-0.25, -0.2) is 4.79 Å². The molecule has 0 saturated carbocycles. The van der Waals surface area contributed by atoms with Crippen LogP contribution >= 0.6 is 0 Å². The zero-order chi connectivity index (χ0) is 17.1. The lowest BCUT2D eigenvalue weighted by atomic mass is 10.1. The molecule has 6 heteroatoms. The number of hydrogen-bond acceptors (Lipinski definition) is 4. The third-order valence-corrected chi connectivity index (χ3v) is 4.55. The third kappa shape index (κ3) is 3.69. The van der Waals surface area contributed by atoms with Crippen LogP contribution in [0.3, 0.4) is 0 Å². The van der Waals surface area contributed by atoms with Crippen LogP contribution in [0.5, 0.6) is 5.75 Å². The molecule has 2 aliphatic heterocycles. The van der Waals surface area contributed by atoms with E-state index in [0.29, 0.717) is 6.61 Å². The van der Waals surface area contributed by atoms with Crippen LogP contribution in [0.4, 0.5) is 21.9 Å². The van der Waals surface area contributed by atoms with Gasteiger partial charge in [0.25, 0.3) is 0 Å². The fourth-order valence-corrected chi connectivity index (χ4v) is 3.24. The Morgan fingerprint density at radius 1 is 1.00 bits per heavy atom. The number of nitrogens with zero attached hydrogens (tertiary/aromatic N) is 1. The minimum atomic E-state index is -0.242. The van der Waals surface area contributed by atoms with Gasteiger partial charge in [-0.2, -0.15) is 0 Å². The number of amides is 2. The number of anilines is 3. The lowest BCUT2D eigenvalue weighted by Crippen LogP contribution is -2.43. The van der Waals surface area contributed by atoms with E-state index in [4.69, 9.17) is 4.74 Å². The minimum Gasteiger partial charge on any atom is -0.493 e. The molecule has 0 aromatic heterocycles. The van der Waals surface area contributed by atoms with Crippen molar-refractivity contribution in [2.45, 2.75) is 6.42 Å². The Hall–Kier alpha value is -2.73. The standard InChI is InChI=1S/C19H22N4O2/c24-19(22-16-3-6-18-14(13-16)7-12-25-18)21-15-1-4-17(5-2-15)23-10-8-20-9-11-23/h1-6,13,20H,7-12H2,(H2,21,22,24). The first-order valence-electron chi connectivity index (χ1n) is 8.67. The molecule has 0 aliphatic carbocycles. The minimum absolute atomic E-state index is 0.242. The zero-order valence-electron chi connectivity index (χ0n) is 14.0. The lowest BCUT2D eigenvalue weighted by molar-refractivity contribution is 0.262. The number of piperazine rings is 1. The summed E-state index contributed by atoms with van der Waals surface area (Å²) in [6, 6.07) is 13.5. The first-order valence-corrected chi connectivity index (χ1v) is 8.67. The molecule has 6 nitrogen and oxygen atoms in total. The summed E-state index contributed by atoms with van der Waals surface area (Å²) < 4.78 is 5.48. The molecule has 1 fully saturated rings. The topological polar surface area (TPSA) is 65.6 Å². The summed E-state index contributed by atoms with van der Waals surface area (Å²) in [7, 11) is 0. The molecule has 2 aromatic carbocycles. The van der Waals surface area contributed by atoms with Gasteiger partial charge in [-0.3, -0.25) is 0 Å². The van der Waals surface area contributed by atoms with Crippen molar-refractivity contribution in [1.29, 1.82) is 0 Å². The van der Waals surface area contributed by atoms with Gasteiger partial charge < -0.3 is 25.6 Å². The second-order valence-corrected chi connectivity index (χ2v) is 6.28. The molecule has 4 rings (SSSR count). The highest BCUT2D eigenvalue weighted by Gasteiger charge is 2.13. The number of hydrogen-bond donors (Lipinski definition) is 3. The van der Waals surface area contributed by atoms with E-state index in [2.05, 4.69) is 20.9 Å². The molecule has 2 heterocycles. The van der Waals surface area contributed by atoms with Crippen LogP contribution in [-0.2, 0) is 6.42 Å². The second kappa shape index (κ2) is 7.03. The Morgan fingerprint density at radius 2 is 1.72 bits per heavy atom. The van der Waals surface area contributed by atoms with Gasteiger partial charge in [0, 0.05) is 49.7 Å². The Balaban J connectivity index is 1.35. The fourth-order valence-electron chi connectivity index (χ4n) is 3.24. The van der Waals surface area contributed by atoms with Gasteiger partial charge >= 0.3 is 6.03 Å². The first-order chi connectivity index (χ1) is 12.3. The number of carbonyl (C=O) groups is 1. The van der Waals surface area contributed by atoms with Crippen LogP contribution in [0.1, 0.15) is 5.56 Å². The van der Waals surface area contributed by atoms with Crippen LogP contribution in [-0.4, -0.2) is 38.8 Å². The quantitative estimate of drug-likeness (QED) is 0.805. The first kappa shape index (κ1) is 15.8. The van der Waals surface area contributed by atoms with E-state index in [0.717, 1.165) is 55.3 Å². The number of fused-ring (bicyclic) bond motifs is 1. The van der Waals surface area contributed by atoms with Gasteiger partial charge in [-0.15, -0.1) is 0 Å². The van der Waals surface area contributed by atoms with Crippen molar-refractivity contribution in [3.8, 4) is 5.75 Å². The van der Waals surface area contributed by atoms with E-state index in [1.165, 1.54) is 5.69 Å². The molecule has 2 aliphatic rings. The maximum Gasteiger partial charge on any atom is 0.323 e. The molecule has 0 radical (unpaired) electrons. The molecule has 130 valence electrons. The smallest absolute Gasteiger partial charge is 0.323 e. The van der Waals surface area contributed by atoms with Crippen LogP contribution in [0.2, 0.25) is 0 Å². The average Bonchev–Trinajstić information content (AvgIpc) is 3.11. The molecule has 1 saturated heterocycles. The molecule has 2 aromatic rings. The number of rotatable bonds is 3. The van der Waals surface area contributed by atoms with Crippen LogP contribution in [0.25, 0.3) is 0 Å². The highest BCUT2D eigenvalue weighted by atomic mass is 16.5. The van der Waals surface area contributed by atoms with E-state index >= 15 is 0 Å².